The number of sulfonamides is 1. The molecule has 8 heteroatoms. The van der Waals surface area contributed by atoms with Crippen LogP contribution in [-0.2, 0) is 21.2 Å². The van der Waals surface area contributed by atoms with Gasteiger partial charge in [-0.3, -0.25) is 9.78 Å². The summed E-state index contributed by atoms with van der Waals surface area (Å²) in [6, 6.07) is 7.06. The highest BCUT2D eigenvalue weighted by Crippen LogP contribution is 2.20. The van der Waals surface area contributed by atoms with Crippen molar-refractivity contribution in [2.24, 2.45) is 0 Å². The molecule has 0 aliphatic carbocycles. The summed E-state index contributed by atoms with van der Waals surface area (Å²) in [5, 5.41) is 0. The largest absolute Gasteiger partial charge is 0.344 e. The number of thiophene rings is 1. The molecule has 0 aromatic carbocycles. The SMILES string of the molecule is Cc1ccc(S(=O)(=O)NCC(=O)N(C)CCc2ccncc2)s1. The van der Waals surface area contributed by atoms with Gasteiger partial charge in [-0.05, 0) is 43.2 Å². The second-order valence-electron chi connectivity index (χ2n) is 5.11. The van der Waals surface area contributed by atoms with Gasteiger partial charge in [0.15, 0.2) is 0 Å². The Labute approximate surface area is 140 Å². The van der Waals surface area contributed by atoms with E-state index in [4.69, 9.17) is 0 Å². The number of hydrogen-bond acceptors (Lipinski definition) is 5. The van der Waals surface area contributed by atoms with Crippen LogP contribution in [0.1, 0.15) is 10.4 Å². The summed E-state index contributed by atoms with van der Waals surface area (Å²) >= 11 is 1.18. The Morgan fingerprint density at radius 3 is 2.57 bits per heavy atom. The summed E-state index contributed by atoms with van der Waals surface area (Å²) < 4.78 is 26.7. The Balaban J connectivity index is 1.84. The molecule has 2 rings (SSSR count). The zero-order valence-electron chi connectivity index (χ0n) is 13.0. The molecular formula is C15H19N3O3S2. The number of likely N-dealkylation sites (N-methyl/N-ethyl adjacent to an activating group) is 1. The summed E-state index contributed by atoms with van der Waals surface area (Å²) in [5.41, 5.74) is 1.08. The number of pyridine rings is 1. The minimum Gasteiger partial charge on any atom is -0.344 e. The predicted molar refractivity (Wildman–Crippen MR) is 89.8 cm³/mol. The molecule has 0 saturated heterocycles. The van der Waals surface area contributed by atoms with Crippen LogP contribution in [-0.4, -0.2) is 44.3 Å². The molecule has 0 bridgehead atoms. The van der Waals surface area contributed by atoms with E-state index >= 15 is 0 Å². The van der Waals surface area contributed by atoms with Crippen molar-refractivity contribution in [3.63, 3.8) is 0 Å². The quantitative estimate of drug-likeness (QED) is 0.817. The lowest BCUT2D eigenvalue weighted by molar-refractivity contribution is -0.128. The first-order valence-electron chi connectivity index (χ1n) is 7.07. The van der Waals surface area contributed by atoms with E-state index in [0.29, 0.717) is 13.0 Å². The molecule has 23 heavy (non-hydrogen) atoms. The maximum atomic E-state index is 12.1. The number of amides is 1. The average molecular weight is 353 g/mol. The first-order chi connectivity index (χ1) is 10.9. The normalized spacial score (nSPS) is 11.4. The first kappa shape index (κ1) is 17.6. The number of carbonyl (C=O) groups excluding carboxylic acids is 1. The van der Waals surface area contributed by atoms with Gasteiger partial charge in [-0.2, -0.15) is 0 Å². The van der Waals surface area contributed by atoms with Gasteiger partial charge in [0.2, 0.25) is 5.91 Å². The number of aryl methyl sites for hydroxylation is 1. The predicted octanol–water partition coefficient (Wildman–Crippen LogP) is 1.43. The number of rotatable bonds is 7. The summed E-state index contributed by atoms with van der Waals surface area (Å²) in [6.07, 6.45) is 4.10. The fourth-order valence-corrected chi connectivity index (χ4v) is 4.19. The maximum absolute atomic E-state index is 12.1. The smallest absolute Gasteiger partial charge is 0.250 e. The monoisotopic (exact) mass is 353 g/mol. The van der Waals surface area contributed by atoms with E-state index in [2.05, 4.69) is 9.71 Å². The van der Waals surface area contributed by atoms with Gasteiger partial charge in [-0.15, -0.1) is 11.3 Å². The minimum atomic E-state index is -3.62. The van der Waals surface area contributed by atoms with E-state index in [0.717, 1.165) is 10.4 Å². The van der Waals surface area contributed by atoms with E-state index in [9.17, 15) is 13.2 Å². The van der Waals surface area contributed by atoms with Gasteiger partial charge in [0.05, 0.1) is 6.54 Å². The van der Waals surface area contributed by atoms with Crippen LogP contribution in [0.2, 0.25) is 0 Å². The van der Waals surface area contributed by atoms with Gasteiger partial charge < -0.3 is 4.90 Å². The second-order valence-corrected chi connectivity index (χ2v) is 8.39. The van der Waals surface area contributed by atoms with Gasteiger partial charge in [-0.1, -0.05) is 0 Å². The molecule has 0 saturated carbocycles. The van der Waals surface area contributed by atoms with Crippen LogP contribution < -0.4 is 4.72 Å². The van der Waals surface area contributed by atoms with Crippen molar-refractivity contribution >= 4 is 27.3 Å². The van der Waals surface area contributed by atoms with Crippen molar-refractivity contribution in [2.75, 3.05) is 20.1 Å². The molecule has 6 nitrogen and oxygen atoms in total. The standard InChI is InChI=1S/C15H19N3O3S2/c1-12-3-4-15(22-12)23(20,21)17-11-14(19)18(2)10-7-13-5-8-16-9-6-13/h3-6,8-9,17H,7,10-11H2,1-2H3. The second kappa shape index (κ2) is 7.67. The lowest BCUT2D eigenvalue weighted by atomic mass is 10.2. The fraction of sp³-hybridized carbons (Fsp3) is 0.333. The lowest BCUT2D eigenvalue weighted by Gasteiger charge is -2.17. The summed E-state index contributed by atoms with van der Waals surface area (Å²) in [6.45, 7) is 2.11. The van der Waals surface area contributed by atoms with Gasteiger partial charge in [0.1, 0.15) is 4.21 Å². The van der Waals surface area contributed by atoms with Crippen molar-refractivity contribution in [3.8, 4) is 0 Å². The Hall–Kier alpha value is -1.77. The zero-order valence-corrected chi connectivity index (χ0v) is 14.7. The van der Waals surface area contributed by atoms with Crippen molar-refractivity contribution < 1.29 is 13.2 Å². The average Bonchev–Trinajstić information content (AvgIpc) is 2.99. The van der Waals surface area contributed by atoms with E-state index < -0.39 is 10.0 Å². The molecule has 124 valence electrons. The third kappa shape index (κ3) is 5.12. The van der Waals surface area contributed by atoms with Crippen LogP contribution in [0, 0.1) is 6.92 Å². The van der Waals surface area contributed by atoms with Crippen LogP contribution in [0.3, 0.4) is 0 Å². The highest BCUT2D eigenvalue weighted by molar-refractivity contribution is 7.91. The molecule has 0 aliphatic rings. The zero-order chi connectivity index (χ0) is 16.9. The van der Waals surface area contributed by atoms with Crippen LogP contribution >= 0.6 is 11.3 Å². The topological polar surface area (TPSA) is 79.4 Å². The molecule has 0 spiro atoms. The third-order valence-electron chi connectivity index (χ3n) is 3.30. The first-order valence-corrected chi connectivity index (χ1v) is 9.37. The molecule has 2 heterocycles. The van der Waals surface area contributed by atoms with E-state index in [-0.39, 0.29) is 16.7 Å². The van der Waals surface area contributed by atoms with Crippen LogP contribution in [0.5, 0.6) is 0 Å². The molecule has 2 aromatic rings. The van der Waals surface area contributed by atoms with E-state index in [1.807, 2.05) is 19.1 Å². The maximum Gasteiger partial charge on any atom is 0.250 e. The lowest BCUT2D eigenvalue weighted by Crippen LogP contribution is -2.38. The highest BCUT2D eigenvalue weighted by Gasteiger charge is 2.18. The third-order valence-corrected chi connectivity index (χ3v) is 6.20. The number of nitrogens with one attached hydrogen (secondary N) is 1. The van der Waals surface area contributed by atoms with Crippen molar-refractivity contribution in [2.45, 2.75) is 17.6 Å². The van der Waals surface area contributed by atoms with Crippen molar-refractivity contribution in [1.82, 2.24) is 14.6 Å². The molecule has 1 amide bonds. The number of aromatic nitrogens is 1. The van der Waals surface area contributed by atoms with Crippen LogP contribution in [0.25, 0.3) is 0 Å². The fourth-order valence-electron chi connectivity index (χ4n) is 1.89. The Kier molecular flexibility index (Phi) is 5.86. The van der Waals surface area contributed by atoms with Crippen LogP contribution in [0.4, 0.5) is 0 Å². The molecule has 0 fully saturated rings. The number of carbonyl (C=O) groups is 1. The number of nitrogens with zero attached hydrogens (tertiary/aromatic N) is 2. The summed E-state index contributed by atoms with van der Waals surface area (Å²) in [7, 11) is -1.96. The highest BCUT2D eigenvalue weighted by atomic mass is 32.2. The van der Waals surface area contributed by atoms with Crippen molar-refractivity contribution in [1.29, 1.82) is 0 Å². The van der Waals surface area contributed by atoms with Gasteiger partial charge >= 0.3 is 0 Å². The van der Waals surface area contributed by atoms with Crippen LogP contribution in [0.15, 0.2) is 40.9 Å². The molecular weight excluding hydrogens is 334 g/mol. The molecule has 0 unspecified atom stereocenters. The Bertz CT molecular complexity index is 757. The minimum absolute atomic E-state index is 0.224. The van der Waals surface area contributed by atoms with Gasteiger partial charge in [-0.25, -0.2) is 13.1 Å². The molecule has 0 radical (unpaired) electrons. The number of hydrogen-bond donors (Lipinski definition) is 1. The van der Waals surface area contributed by atoms with Crippen molar-refractivity contribution in [3.05, 3.63) is 47.1 Å². The van der Waals surface area contributed by atoms with Gasteiger partial charge in [0.25, 0.3) is 10.0 Å². The molecule has 1 N–H and O–H groups in total. The molecule has 2 aromatic heterocycles. The molecule has 0 aliphatic heterocycles. The van der Waals surface area contributed by atoms with Gasteiger partial charge in [0, 0.05) is 30.9 Å². The molecule has 0 atom stereocenters. The summed E-state index contributed by atoms with van der Waals surface area (Å²) in [5.74, 6) is -0.268. The Morgan fingerprint density at radius 1 is 1.26 bits per heavy atom. The van der Waals surface area contributed by atoms with E-state index in [1.54, 1.807) is 31.6 Å². The van der Waals surface area contributed by atoms with E-state index in [1.165, 1.54) is 16.2 Å². The Morgan fingerprint density at radius 2 is 1.96 bits per heavy atom. The summed E-state index contributed by atoms with van der Waals surface area (Å²) in [4.78, 5) is 18.4.